The summed E-state index contributed by atoms with van der Waals surface area (Å²) in [5.74, 6) is -0.263. The summed E-state index contributed by atoms with van der Waals surface area (Å²) in [4.78, 5) is 4.69. The summed E-state index contributed by atoms with van der Waals surface area (Å²) in [5.41, 5.74) is 6.70. The fourth-order valence-corrected chi connectivity index (χ4v) is 5.68. The molecule has 0 radical (unpaired) electrons. The van der Waals surface area contributed by atoms with Crippen LogP contribution < -0.4 is 11.1 Å². The van der Waals surface area contributed by atoms with Crippen LogP contribution in [0.3, 0.4) is 0 Å². The largest absolute Gasteiger partial charge is 0.455 e. The van der Waals surface area contributed by atoms with Crippen LogP contribution in [0.5, 0.6) is 0 Å². The topological polar surface area (TPSA) is 49.8 Å². The second-order valence-corrected chi connectivity index (χ2v) is 10.9. The van der Waals surface area contributed by atoms with Crippen molar-refractivity contribution in [3.63, 3.8) is 0 Å². The smallest absolute Gasteiger partial charge is 0.167 e. The molecule has 4 aromatic carbocycles. The molecule has 6 rings (SSSR count). The second kappa shape index (κ2) is 8.60. The average Bonchev–Trinajstić information content (AvgIpc) is 3.29. The highest BCUT2D eigenvalue weighted by Gasteiger charge is 2.27. The third-order valence-electron chi connectivity index (χ3n) is 7.38. The Morgan fingerprint density at radius 2 is 1.63 bits per heavy atom. The zero-order chi connectivity index (χ0) is 26.8. The summed E-state index contributed by atoms with van der Waals surface area (Å²) in [5, 5.41) is 13.9. The van der Waals surface area contributed by atoms with Crippen LogP contribution in [0.1, 0.15) is 31.9 Å². The zero-order valence-corrected chi connectivity index (χ0v) is 22.1. The third-order valence-corrected chi connectivity index (χ3v) is 7.38. The van der Waals surface area contributed by atoms with E-state index in [0.29, 0.717) is 33.6 Å². The van der Waals surface area contributed by atoms with Crippen molar-refractivity contribution >= 4 is 59.5 Å². The van der Waals surface area contributed by atoms with Crippen molar-refractivity contribution in [1.29, 1.82) is 5.26 Å². The predicted molar refractivity (Wildman–Crippen MR) is 160 cm³/mol. The first-order valence-electron chi connectivity index (χ1n) is 12.7. The molecule has 2 heterocycles. The molecule has 0 spiro atoms. The summed E-state index contributed by atoms with van der Waals surface area (Å²) in [6.07, 6.45) is 0. The number of para-hydroxylation sites is 1. The third kappa shape index (κ3) is 3.62. The van der Waals surface area contributed by atoms with E-state index in [9.17, 15) is 5.26 Å². The van der Waals surface area contributed by atoms with Crippen molar-refractivity contribution in [1.82, 2.24) is 4.98 Å². The molecule has 3 nitrogen and oxygen atoms in total. The van der Waals surface area contributed by atoms with E-state index >= 15 is 4.39 Å². The first-order valence-corrected chi connectivity index (χ1v) is 12.7. The summed E-state index contributed by atoms with van der Waals surface area (Å²) in [7, 11) is 3.63. The standard InChI is InChI=1S/C32H25B2FN2O/c1-32(2,3)25-26(33)28(37-31(34)27(25)35)23-10-6-9-22-24-20(16-36)13-14-21(30(24)38-29(22)23)19-12-11-17-7-4-5-8-18(17)15-19/h4-15H,33-34H2,1-3H3. The summed E-state index contributed by atoms with van der Waals surface area (Å²) < 4.78 is 21.9. The summed E-state index contributed by atoms with van der Waals surface area (Å²) in [6, 6.07) is 26.6. The quantitative estimate of drug-likeness (QED) is 0.308. The first kappa shape index (κ1) is 24.0. The van der Waals surface area contributed by atoms with Crippen LogP contribution in [0.25, 0.3) is 55.1 Å². The molecule has 0 aliphatic carbocycles. The van der Waals surface area contributed by atoms with Crippen LogP contribution in [0, 0.1) is 17.1 Å². The van der Waals surface area contributed by atoms with Crippen molar-refractivity contribution in [2.24, 2.45) is 0 Å². The highest BCUT2D eigenvalue weighted by Crippen LogP contribution is 2.41. The van der Waals surface area contributed by atoms with Crippen molar-refractivity contribution in [2.45, 2.75) is 26.2 Å². The van der Waals surface area contributed by atoms with E-state index in [-0.39, 0.29) is 5.82 Å². The van der Waals surface area contributed by atoms with Gasteiger partial charge in [0.2, 0.25) is 0 Å². The maximum Gasteiger partial charge on any atom is 0.167 e. The molecule has 6 heteroatoms. The number of benzene rings is 4. The number of nitrogens with zero attached hydrogens (tertiary/aromatic N) is 2. The molecule has 0 aliphatic rings. The molecule has 0 saturated carbocycles. The molecule has 6 aromatic rings. The molecule has 0 aliphatic heterocycles. The molecule has 38 heavy (non-hydrogen) atoms. The van der Waals surface area contributed by atoms with Crippen LogP contribution in [0.2, 0.25) is 0 Å². The molecule has 0 N–H and O–H groups in total. The molecular weight excluding hydrogens is 469 g/mol. The number of furan rings is 1. The lowest BCUT2D eigenvalue weighted by atomic mass is 9.74. The maximum absolute atomic E-state index is 15.3. The van der Waals surface area contributed by atoms with Gasteiger partial charge in [-0.2, -0.15) is 5.26 Å². The second-order valence-electron chi connectivity index (χ2n) is 10.9. The van der Waals surface area contributed by atoms with Crippen LogP contribution >= 0.6 is 0 Å². The number of rotatable bonds is 2. The Morgan fingerprint density at radius 1 is 0.868 bits per heavy atom. The van der Waals surface area contributed by atoms with Gasteiger partial charge >= 0.3 is 0 Å². The molecule has 0 amide bonds. The maximum atomic E-state index is 15.3. The van der Waals surface area contributed by atoms with Gasteiger partial charge in [-0.05, 0) is 51.6 Å². The molecular formula is C32H25B2FN2O. The fraction of sp³-hybridized carbons (Fsp3) is 0.125. The van der Waals surface area contributed by atoms with E-state index in [1.54, 1.807) is 7.85 Å². The molecule has 2 aromatic heterocycles. The van der Waals surface area contributed by atoms with Crippen molar-refractivity contribution in [3.05, 3.63) is 89.7 Å². The number of pyridine rings is 1. The van der Waals surface area contributed by atoms with Gasteiger partial charge in [-0.15, -0.1) is 0 Å². The minimum Gasteiger partial charge on any atom is -0.455 e. The Hall–Kier alpha value is -4.36. The van der Waals surface area contributed by atoms with Crippen LogP contribution in [-0.2, 0) is 5.41 Å². The number of nitriles is 1. The lowest BCUT2D eigenvalue weighted by molar-refractivity contribution is 0.528. The Bertz CT molecular complexity index is 1960. The van der Waals surface area contributed by atoms with Gasteiger partial charge in [0.1, 0.15) is 24.8 Å². The van der Waals surface area contributed by atoms with Crippen LogP contribution in [-0.4, -0.2) is 20.7 Å². The van der Waals surface area contributed by atoms with Gasteiger partial charge in [0.05, 0.1) is 17.3 Å². The Labute approximate surface area is 222 Å². The molecule has 0 unspecified atom stereocenters. The zero-order valence-electron chi connectivity index (χ0n) is 22.1. The number of aromatic nitrogens is 1. The number of fused-ring (bicyclic) bond motifs is 4. The highest BCUT2D eigenvalue weighted by molar-refractivity contribution is 6.39. The van der Waals surface area contributed by atoms with E-state index in [0.717, 1.165) is 43.7 Å². The highest BCUT2D eigenvalue weighted by atomic mass is 19.1. The van der Waals surface area contributed by atoms with Crippen molar-refractivity contribution < 1.29 is 8.81 Å². The summed E-state index contributed by atoms with van der Waals surface area (Å²) in [6.45, 7) is 6.04. The van der Waals surface area contributed by atoms with Gasteiger partial charge in [-0.1, -0.05) is 74.8 Å². The Balaban J connectivity index is 1.68. The van der Waals surface area contributed by atoms with E-state index in [1.807, 2.05) is 71.1 Å². The van der Waals surface area contributed by atoms with E-state index < -0.39 is 5.41 Å². The van der Waals surface area contributed by atoms with Gasteiger partial charge < -0.3 is 4.42 Å². The molecule has 0 atom stereocenters. The monoisotopic (exact) mass is 494 g/mol. The lowest BCUT2D eigenvalue weighted by Gasteiger charge is -2.25. The van der Waals surface area contributed by atoms with E-state index in [4.69, 9.17) is 9.40 Å². The predicted octanol–water partition coefficient (Wildman–Crippen LogP) is 5.29. The van der Waals surface area contributed by atoms with Gasteiger partial charge in [-0.3, -0.25) is 4.98 Å². The van der Waals surface area contributed by atoms with Crippen molar-refractivity contribution in [3.8, 4) is 28.5 Å². The first-order chi connectivity index (χ1) is 18.2. The molecule has 0 saturated heterocycles. The fourth-order valence-electron chi connectivity index (χ4n) is 5.68. The average molecular weight is 494 g/mol. The Morgan fingerprint density at radius 3 is 2.37 bits per heavy atom. The summed E-state index contributed by atoms with van der Waals surface area (Å²) >= 11 is 0. The van der Waals surface area contributed by atoms with Crippen LogP contribution in [0.15, 0.2) is 77.2 Å². The van der Waals surface area contributed by atoms with Gasteiger partial charge in [0.15, 0.2) is 7.85 Å². The minimum atomic E-state index is -0.393. The molecule has 0 fully saturated rings. The SMILES string of the molecule is Bc1nc(-c2cccc3c2oc2c(-c4ccc5ccccc5c4)ccc(C#N)c23)c(B)c(C(C)(C)C)c1F. The van der Waals surface area contributed by atoms with Gasteiger partial charge in [0.25, 0.3) is 0 Å². The number of hydrogen-bond acceptors (Lipinski definition) is 3. The lowest BCUT2D eigenvalue weighted by Crippen LogP contribution is -2.34. The van der Waals surface area contributed by atoms with E-state index in [1.165, 1.54) is 0 Å². The van der Waals surface area contributed by atoms with Crippen LogP contribution in [0.4, 0.5) is 4.39 Å². The van der Waals surface area contributed by atoms with E-state index in [2.05, 4.69) is 36.4 Å². The normalized spacial score (nSPS) is 11.9. The Kier molecular flexibility index (Phi) is 5.43. The minimum absolute atomic E-state index is 0.263. The molecule has 182 valence electrons. The van der Waals surface area contributed by atoms with Gasteiger partial charge in [0, 0.05) is 27.5 Å². The van der Waals surface area contributed by atoms with Crippen molar-refractivity contribution in [2.75, 3.05) is 0 Å². The number of halogens is 1. The van der Waals surface area contributed by atoms with Gasteiger partial charge in [-0.25, -0.2) is 4.39 Å². The molecule has 0 bridgehead atoms. The number of hydrogen-bond donors (Lipinski definition) is 0.